The minimum Gasteiger partial charge on any atom is -0.498 e. The molecule has 1 aliphatic heterocycles. The SMILES string of the molecule is [CH2]c1ccnc2c1C=C1OCCC1C2. The third kappa shape index (κ3) is 1.07. The Kier molecular flexibility index (Phi) is 1.63. The van der Waals surface area contributed by atoms with Crippen LogP contribution in [0.15, 0.2) is 18.0 Å². The highest BCUT2D eigenvalue weighted by Gasteiger charge is 2.28. The number of allylic oxidation sites excluding steroid dienone is 1. The number of fused-ring (bicyclic) bond motifs is 2. The lowest BCUT2D eigenvalue weighted by molar-refractivity contribution is 0.261. The van der Waals surface area contributed by atoms with Crippen molar-refractivity contribution >= 4 is 6.08 Å². The molecule has 0 spiro atoms. The lowest BCUT2D eigenvalue weighted by Gasteiger charge is -2.18. The second-order valence-corrected chi connectivity index (χ2v) is 3.92. The predicted molar refractivity (Wildman–Crippen MR) is 54.4 cm³/mol. The largest absolute Gasteiger partial charge is 0.498 e. The van der Waals surface area contributed by atoms with Crippen LogP contribution in [0.25, 0.3) is 6.08 Å². The Labute approximate surface area is 83.6 Å². The van der Waals surface area contributed by atoms with E-state index in [1.165, 1.54) is 11.3 Å². The molecule has 1 fully saturated rings. The van der Waals surface area contributed by atoms with E-state index in [2.05, 4.69) is 18.0 Å². The molecule has 0 bridgehead atoms. The van der Waals surface area contributed by atoms with Gasteiger partial charge in [0.15, 0.2) is 0 Å². The smallest absolute Gasteiger partial charge is 0.100 e. The van der Waals surface area contributed by atoms with Gasteiger partial charge in [0.25, 0.3) is 0 Å². The first-order valence-corrected chi connectivity index (χ1v) is 4.99. The number of ether oxygens (including phenoxy) is 1. The second-order valence-electron chi connectivity index (χ2n) is 3.92. The summed E-state index contributed by atoms with van der Waals surface area (Å²) in [4.78, 5) is 4.40. The number of hydrogen-bond donors (Lipinski definition) is 0. The first-order chi connectivity index (χ1) is 6.84. The first-order valence-electron chi connectivity index (χ1n) is 4.99. The van der Waals surface area contributed by atoms with Crippen molar-refractivity contribution in [2.45, 2.75) is 12.8 Å². The molecule has 1 radical (unpaired) electrons. The summed E-state index contributed by atoms with van der Waals surface area (Å²) in [7, 11) is 0. The zero-order chi connectivity index (χ0) is 9.54. The molecule has 0 aromatic carbocycles. The summed E-state index contributed by atoms with van der Waals surface area (Å²) in [5, 5.41) is 0. The summed E-state index contributed by atoms with van der Waals surface area (Å²) in [6.07, 6.45) is 6.11. The van der Waals surface area contributed by atoms with Crippen molar-refractivity contribution in [3.8, 4) is 0 Å². The molecular weight excluding hydrogens is 174 g/mol. The van der Waals surface area contributed by atoms with Gasteiger partial charge in [-0.2, -0.15) is 0 Å². The lowest BCUT2D eigenvalue weighted by atomic mass is 9.89. The van der Waals surface area contributed by atoms with Crippen LogP contribution in [0.2, 0.25) is 0 Å². The van der Waals surface area contributed by atoms with Crippen LogP contribution in [0, 0.1) is 12.8 Å². The number of aromatic nitrogens is 1. The van der Waals surface area contributed by atoms with Crippen LogP contribution in [0.3, 0.4) is 0 Å². The van der Waals surface area contributed by atoms with E-state index in [0.717, 1.165) is 30.8 Å². The molecule has 1 unspecified atom stereocenters. The summed E-state index contributed by atoms with van der Waals surface area (Å²) >= 11 is 0. The summed E-state index contributed by atoms with van der Waals surface area (Å²) in [5.41, 5.74) is 3.40. The van der Waals surface area contributed by atoms with Gasteiger partial charge in [-0.1, -0.05) is 0 Å². The highest BCUT2D eigenvalue weighted by Crippen LogP contribution is 2.35. The fourth-order valence-corrected chi connectivity index (χ4v) is 2.22. The fourth-order valence-electron chi connectivity index (χ4n) is 2.22. The Morgan fingerprint density at radius 1 is 1.50 bits per heavy atom. The van der Waals surface area contributed by atoms with Crippen molar-refractivity contribution in [3.05, 3.63) is 41.8 Å². The molecular formula is C12H12NO. The summed E-state index contributed by atoms with van der Waals surface area (Å²) in [6, 6.07) is 1.95. The van der Waals surface area contributed by atoms with E-state index in [1.54, 1.807) is 0 Å². The molecule has 0 saturated carbocycles. The number of nitrogens with zero attached hydrogens (tertiary/aromatic N) is 1. The maximum atomic E-state index is 5.57. The fraction of sp³-hybridized carbons (Fsp3) is 0.333. The number of hydrogen-bond acceptors (Lipinski definition) is 2. The molecule has 1 aliphatic carbocycles. The van der Waals surface area contributed by atoms with Crippen LogP contribution in [0.1, 0.15) is 23.2 Å². The zero-order valence-corrected chi connectivity index (χ0v) is 7.99. The van der Waals surface area contributed by atoms with Gasteiger partial charge in [-0.3, -0.25) is 4.98 Å². The first kappa shape index (κ1) is 8.04. The van der Waals surface area contributed by atoms with Gasteiger partial charge >= 0.3 is 0 Å². The van der Waals surface area contributed by atoms with Gasteiger partial charge in [-0.05, 0) is 31.1 Å². The summed E-state index contributed by atoms with van der Waals surface area (Å²) < 4.78 is 5.57. The molecule has 2 heteroatoms. The Morgan fingerprint density at radius 2 is 2.43 bits per heavy atom. The van der Waals surface area contributed by atoms with E-state index < -0.39 is 0 Å². The molecule has 14 heavy (non-hydrogen) atoms. The summed E-state index contributed by atoms with van der Waals surface area (Å²) in [5.74, 6) is 1.70. The van der Waals surface area contributed by atoms with E-state index in [0.29, 0.717) is 5.92 Å². The molecule has 1 aromatic rings. The highest BCUT2D eigenvalue weighted by atomic mass is 16.5. The van der Waals surface area contributed by atoms with E-state index in [-0.39, 0.29) is 0 Å². The van der Waals surface area contributed by atoms with Crippen molar-refractivity contribution < 1.29 is 4.74 Å². The van der Waals surface area contributed by atoms with E-state index in [9.17, 15) is 0 Å². The maximum absolute atomic E-state index is 5.57. The van der Waals surface area contributed by atoms with Crippen molar-refractivity contribution in [1.29, 1.82) is 0 Å². The molecule has 1 aromatic heterocycles. The van der Waals surface area contributed by atoms with Crippen molar-refractivity contribution in [2.24, 2.45) is 5.92 Å². The van der Waals surface area contributed by atoms with Gasteiger partial charge in [-0.25, -0.2) is 0 Å². The van der Waals surface area contributed by atoms with Gasteiger partial charge in [0.2, 0.25) is 0 Å². The predicted octanol–water partition coefficient (Wildman–Crippen LogP) is 2.20. The molecule has 1 saturated heterocycles. The Bertz CT molecular complexity index is 409. The quantitative estimate of drug-likeness (QED) is 0.619. The second kappa shape index (κ2) is 2.84. The minimum absolute atomic E-state index is 0.566. The van der Waals surface area contributed by atoms with Crippen LogP contribution in [0.5, 0.6) is 0 Å². The van der Waals surface area contributed by atoms with Crippen LogP contribution >= 0.6 is 0 Å². The van der Waals surface area contributed by atoms with Gasteiger partial charge in [-0.15, -0.1) is 0 Å². The maximum Gasteiger partial charge on any atom is 0.100 e. The normalized spacial score (nSPS) is 23.5. The van der Waals surface area contributed by atoms with E-state index >= 15 is 0 Å². The van der Waals surface area contributed by atoms with Crippen molar-refractivity contribution in [2.75, 3.05) is 6.61 Å². The van der Waals surface area contributed by atoms with Gasteiger partial charge in [0.05, 0.1) is 6.61 Å². The monoisotopic (exact) mass is 186 g/mol. The van der Waals surface area contributed by atoms with E-state index in [4.69, 9.17) is 4.74 Å². The van der Waals surface area contributed by atoms with Gasteiger partial charge in [0.1, 0.15) is 5.76 Å². The average Bonchev–Trinajstić information content (AvgIpc) is 2.62. The van der Waals surface area contributed by atoms with Crippen molar-refractivity contribution in [3.63, 3.8) is 0 Å². The molecule has 2 nitrogen and oxygen atoms in total. The Hall–Kier alpha value is -1.31. The Balaban J connectivity index is 2.14. The number of rotatable bonds is 0. The van der Waals surface area contributed by atoms with Crippen LogP contribution in [-0.4, -0.2) is 11.6 Å². The van der Waals surface area contributed by atoms with Gasteiger partial charge < -0.3 is 4.74 Å². The lowest BCUT2D eigenvalue weighted by Crippen LogP contribution is -2.11. The highest BCUT2D eigenvalue weighted by molar-refractivity contribution is 5.61. The molecule has 3 rings (SSSR count). The zero-order valence-electron chi connectivity index (χ0n) is 7.99. The Morgan fingerprint density at radius 3 is 3.36 bits per heavy atom. The van der Waals surface area contributed by atoms with Crippen LogP contribution in [0.4, 0.5) is 0 Å². The van der Waals surface area contributed by atoms with Crippen LogP contribution < -0.4 is 0 Å². The molecule has 2 aliphatic rings. The van der Waals surface area contributed by atoms with Gasteiger partial charge in [0, 0.05) is 29.8 Å². The molecule has 2 heterocycles. The molecule has 0 amide bonds. The van der Waals surface area contributed by atoms with Crippen molar-refractivity contribution in [1.82, 2.24) is 4.98 Å². The minimum atomic E-state index is 0.566. The topological polar surface area (TPSA) is 22.1 Å². The van der Waals surface area contributed by atoms with E-state index in [1.807, 2.05) is 12.3 Å². The summed E-state index contributed by atoms with van der Waals surface area (Å²) in [6.45, 7) is 4.87. The van der Waals surface area contributed by atoms with Crippen LogP contribution in [-0.2, 0) is 11.2 Å². The average molecular weight is 186 g/mol. The standard InChI is InChI=1S/C12H12NO/c1-8-2-4-13-11-6-9-3-5-14-12(9)7-10(8)11/h2,4,7,9H,1,3,5-6H2. The number of pyridine rings is 1. The molecule has 71 valence electrons. The third-order valence-electron chi connectivity index (χ3n) is 3.03. The molecule has 1 atom stereocenters. The molecule has 0 N–H and O–H groups in total. The third-order valence-corrected chi connectivity index (χ3v) is 3.03.